The number of nitrogens with zero attached hydrogens (tertiary/aromatic N) is 1. The van der Waals surface area contributed by atoms with E-state index < -0.39 is 0 Å². The van der Waals surface area contributed by atoms with Gasteiger partial charge in [-0.05, 0) is 42.8 Å². The molecule has 7 heteroatoms. The van der Waals surface area contributed by atoms with Crippen LogP contribution in [0.5, 0.6) is 11.5 Å². The summed E-state index contributed by atoms with van der Waals surface area (Å²) in [6.45, 7) is 3.89. The van der Waals surface area contributed by atoms with Gasteiger partial charge in [-0.15, -0.1) is 11.3 Å². The van der Waals surface area contributed by atoms with Gasteiger partial charge in [0.1, 0.15) is 17.3 Å². The Hall–Kier alpha value is -2.74. The summed E-state index contributed by atoms with van der Waals surface area (Å²) in [4.78, 5) is 5.35. The summed E-state index contributed by atoms with van der Waals surface area (Å²) in [5.41, 5.74) is 1.63. The van der Waals surface area contributed by atoms with Crippen molar-refractivity contribution in [2.45, 2.75) is 13.5 Å². The fourth-order valence-electron chi connectivity index (χ4n) is 2.91. The molecular weight excluding hydrogens is 391 g/mol. The zero-order valence-electron chi connectivity index (χ0n) is 16.2. The minimum Gasteiger partial charge on any atom is -0.459 e. The number of hydrogen-bond donors (Lipinski definition) is 1. The number of aryl methyl sites for hydroxylation is 1. The monoisotopic (exact) mass is 412 g/mol. The van der Waals surface area contributed by atoms with Gasteiger partial charge in [0.15, 0.2) is 11.6 Å². The van der Waals surface area contributed by atoms with Gasteiger partial charge in [-0.25, -0.2) is 4.39 Å². The molecule has 4 rings (SSSR count). The van der Waals surface area contributed by atoms with Crippen LogP contribution in [0, 0.1) is 12.7 Å². The second-order valence-electron chi connectivity index (χ2n) is 6.61. The van der Waals surface area contributed by atoms with Gasteiger partial charge in [-0.3, -0.25) is 4.98 Å². The molecule has 0 aliphatic carbocycles. The largest absolute Gasteiger partial charge is 0.459 e. The molecule has 29 heavy (non-hydrogen) atoms. The Kier molecular flexibility index (Phi) is 5.89. The molecule has 0 unspecified atom stereocenters. The summed E-state index contributed by atoms with van der Waals surface area (Å²) < 4.78 is 31.9. The van der Waals surface area contributed by atoms with Crippen molar-refractivity contribution in [2.24, 2.45) is 0 Å². The molecule has 3 aromatic heterocycles. The van der Waals surface area contributed by atoms with Crippen molar-refractivity contribution in [3.05, 3.63) is 65.8 Å². The number of halogens is 1. The van der Waals surface area contributed by atoms with Crippen LogP contribution >= 0.6 is 11.3 Å². The fourth-order valence-corrected chi connectivity index (χ4v) is 3.94. The quantitative estimate of drug-likeness (QED) is 0.386. The van der Waals surface area contributed by atoms with Gasteiger partial charge in [0.2, 0.25) is 0 Å². The second kappa shape index (κ2) is 8.73. The van der Waals surface area contributed by atoms with E-state index in [1.807, 2.05) is 31.2 Å². The first-order valence-corrected chi connectivity index (χ1v) is 10.1. The van der Waals surface area contributed by atoms with Gasteiger partial charge >= 0.3 is 0 Å². The van der Waals surface area contributed by atoms with Crippen LogP contribution in [0.4, 0.5) is 4.39 Å². The highest BCUT2D eigenvalue weighted by Gasteiger charge is 2.14. The van der Waals surface area contributed by atoms with Crippen molar-refractivity contribution in [1.82, 2.24) is 10.3 Å². The Bertz CT molecular complexity index is 1120. The van der Waals surface area contributed by atoms with Crippen LogP contribution < -0.4 is 10.1 Å². The lowest BCUT2D eigenvalue weighted by Gasteiger charge is -2.07. The smallest absolute Gasteiger partial charge is 0.165 e. The number of ether oxygens (including phenoxy) is 2. The number of rotatable bonds is 8. The minimum absolute atomic E-state index is 0.195. The Morgan fingerprint density at radius 2 is 2.03 bits per heavy atom. The summed E-state index contributed by atoms with van der Waals surface area (Å²) in [7, 11) is 1.67. The molecule has 0 aliphatic heterocycles. The Morgan fingerprint density at radius 3 is 2.86 bits per heavy atom. The van der Waals surface area contributed by atoms with Crippen LogP contribution in [-0.4, -0.2) is 25.2 Å². The Balaban J connectivity index is 1.57. The van der Waals surface area contributed by atoms with E-state index in [1.165, 1.54) is 17.4 Å². The van der Waals surface area contributed by atoms with Gasteiger partial charge in [-0.2, -0.15) is 0 Å². The molecule has 5 nitrogen and oxygen atoms in total. The van der Waals surface area contributed by atoms with Crippen molar-refractivity contribution in [2.75, 3.05) is 20.3 Å². The topological polar surface area (TPSA) is 56.5 Å². The number of benzene rings is 1. The Labute approximate surface area is 172 Å². The lowest BCUT2D eigenvalue weighted by molar-refractivity contribution is 0.198. The molecule has 1 N–H and O–H groups in total. The lowest BCUT2D eigenvalue weighted by atomic mass is 10.2. The SMILES string of the molecule is COCCNCc1ccc(-c2cc3nccc(Oc4ccc(C)cc4F)c3s2)o1. The van der Waals surface area contributed by atoms with Gasteiger partial charge in [0, 0.05) is 25.9 Å². The summed E-state index contributed by atoms with van der Waals surface area (Å²) in [6, 6.07) is 12.5. The molecule has 0 aliphatic rings. The number of fused-ring (bicyclic) bond motifs is 1. The van der Waals surface area contributed by atoms with Crippen LogP contribution in [-0.2, 0) is 11.3 Å². The predicted octanol–water partition coefficient (Wildman–Crippen LogP) is 5.53. The average molecular weight is 412 g/mol. The molecular formula is C22H21FN2O3S. The maximum Gasteiger partial charge on any atom is 0.165 e. The normalized spacial score (nSPS) is 11.3. The number of furan rings is 1. The molecule has 0 saturated heterocycles. The molecule has 0 atom stereocenters. The van der Waals surface area contributed by atoms with Crippen LogP contribution in [0.15, 0.2) is 53.1 Å². The van der Waals surface area contributed by atoms with E-state index >= 15 is 0 Å². The van der Waals surface area contributed by atoms with E-state index in [-0.39, 0.29) is 11.6 Å². The summed E-state index contributed by atoms with van der Waals surface area (Å²) in [6.07, 6.45) is 1.66. The molecule has 4 aromatic rings. The number of pyridine rings is 1. The first-order valence-electron chi connectivity index (χ1n) is 9.25. The Morgan fingerprint density at radius 1 is 1.14 bits per heavy atom. The zero-order valence-corrected chi connectivity index (χ0v) is 17.0. The third kappa shape index (κ3) is 4.48. The highest BCUT2D eigenvalue weighted by Crippen LogP contribution is 2.40. The van der Waals surface area contributed by atoms with Crippen molar-refractivity contribution in [3.63, 3.8) is 0 Å². The van der Waals surface area contributed by atoms with E-state index in [2.05, 4.69) is 10.3 Å². The van der Waals surface area contributed by atoms with Crippen LogP contribution in [0.3, 0.4) is 0 Å². The van der Waals surface area contributed by atoms with Gasteiger partial charge < -0.3 is 19.2 Å². The number of methoxy groups -OCH3 is 1. The predicted molar refractivity (Wildman–Crippen MR) is 112 cm³/mol. The second-order valence-corrected chi connectivity index (χ2v) is 7.66. The minimum atomic E-state index is -0.386. The maximum absolute atomic E-state index is 14.2. The molecule has 3 heterocycles. The van der Waals surface area contributed by atoms with Crippen LogP contribution in [0.25, 0.3) is 20.9 Å². The molecule has 0 spiro atoms. The third-order valence-electron chi connectivity index (χ3n) is 4.37. The van der Waals surface area contributed by atoms with Gasteiger partial charge in [0.05, 0.1) is 28.2 Å². The maximum atomic E-state index is 14.2. The number of nitrogens with one attached hydrogen (secondary N) is 1. The lowest BCUT2D eigenvalue weighted by Crippen LogP contribution is -2.18. The van der Waals surface area contributed by atoms with E-state index in [4.69, 9.17) is 13.9 Å². The third-order valence-corrected chi connectivity index (χ3v) is 5.52. The van der Waals surface area contributed by atoms with E-state index in [0.717, 1.165) is 38.7 Å². The summed E-state index contributed by atoms with van der Waals surface area (Å²) in [5, 5.41) is 3.26. The summed E-state index contributed by atoms with van der Waals surface area (Å²) >= 11 is 1.51. The highest BCUT2D eigenvalue weighted by molar-refractivity contribution is 7.22. The number of hydrogen-bond acceptors (Lipinski definition) is 6. The molecule has 0 fully saturated rings. The number of aromatic nitrogens is 1. The van der Waals surface area contributed by atoms with Crippen LogP contribution in [0.1, 0.15) is 11.3 Å². The molecule has 1 aromatic carbocycles. The van der Waals surface area contributed by atoms with Crippen molar-refractivity contribution < 1.29 is 18.3 Å². The average Bonchev–Trinajstić information content (AvgIpc) is 3.34. The fraction of sp³-hybridized carbons (Fsp3) is 0.227. The zero-order chi connectivity index (χ0) is 20.2. The number of thiophene rings is 1. The van der Waals surface area contributed by atoms with E-state index in [9.17, 15) is 4.39 Å². The molecule has 0 radical (unpaired) electrons. The van der Waals surface area contributed by atoms with E-state index in [1.54, 1.807) is 25.4 Å². The summed E-state index contributed by atoms with van der Waals surface area (Å²) in [5.74, 6) is 2.00. The van der Waals surface area contributed by atoms with Gasteiger partial charge in [0.25, 0.3) is 0 Å². The first kappa shape index (κ1) is 19.6. The van der Waals surface area contributed by atoms with Crippen LogP contribution in [0.2, 0.25) is 0 Å². The molecule has 0 saturated carbocycles. The first-order chi connectivity index (χ1) is 14.1. The van der Waals surface area contributed by atoms with Crippen molar-refractivity contribution in [1.29, 1.82) is 0 Å². The standard InChI is InChI=1S/C22H21FN2O3S/c1-14-3-5-18(16(23)11-14)28-20-7-8-25-17-12-21(29-22(17)20)19-6-4-15(27-19)13-24-9-10-26-2/h3-8,11-12,24H,9-10,13H2,1-2H3. The molecule has 150 valence electrons. The molecule has 0 bridgehead atoms. The van der Waals surface area contributed by atoms with Gasteiger partial charge in [-0.1, -0.05) is 6.07 Å². The van der Waals surface area contributed by atoms with E-state index in [0.29, 0.717) is 18.9 Å². The molecule has 0 amide bonds. The highest BCUT2D eigenvalue weighted by atomic mass is 32.1. The van der Waals surface area contributed by atoms with Crippen molar-refractivity contribution >= 4 is 21.6 Å². The van der Waals surface area contributed by atoms with Crippen molar-refractivity contribution in [3.8, 4) is 22.1 Å².